The molecule has 3 N–H and O–H groups in total. The molecule has 1 aromatic rings. The van der Waals surface area contributed by atoms with Crippen molar-refractivity contribution in [1.82, 2.24) is 10.2 Å². The minimum absolute atomic E-state index is 0.525. The van der Waals surface area contributed by atoms with Crippen LogP contribution < -0.4 is 11.1 Å². The number of hydrogen-bond acceptors (Lipinski definition) is 4. The molecule has 0 bridgehead atoms. The van der Waals surface area contributed by atoms with Crippen molar-refractivity contribution in [3.8, 4) is 0 Å². The lowest BCUT2D eigenvalue weighted by Gasteiger charge is -2.11. The quantitative estimate of drug-likeness (QED) is 0.753. The Labute approximate surface area is 83.9 Å². The molecule has 0 saturated heterocycles. The van der Waals surface area contributed by atoms with Crippen LogP contribution in [-0.4, -0.2) is 16.2 Å². The third-order valence-electron chi connectivity index (χ3n) is 2.70. The SMILES string of the molecule is Cc1nnc(NC2CC2)c(CN)c1C. The van der Waals surface area contributed by atoms with Crippen molar-refractivity contribution in [2.45, 2.75) is 39.3 Å². The highest BCUT2D eigenvalue weighted by Crippen LogP contribution is 2.26. The van der Waals surface area contributed by atoms with E-state index in [1.54, 1.807) is 0 Å². The maximum absolute atomic E-state index is 5.71. The first-order chi connectivity index (χ1) is 6.72. The lowest BCUT2D eigenvalue weighted by atomic mass is 10.1. The van der Waals surface area contributed by atoms with Gasteiger partial charge in [-0.2, -0.15) is 5.10 Å². The molecule has 0 aliphatic heterocycles. The van der Waals surface area contributed by atoms with E-state index in [-0.39, 0.29) is 0 Å². The maximum Gasteiger partial charge on any atom is 0.153 e. The Morgan fingerprint density at radius 1 is 1.36 bits per heavy atom. The lowest BCUT2D eigenvalue weighted by molar-refractivity contribution is 0.899. The van der Waals surface area contributed by atoms with Crippen LogP contribution in [0.2, 0.25) is 0 Å². The zero-order valence-corrected chi connectivity index (χ0v) is 8.67. The predicted molar refractivity (Wildman–Crippen MR) is 56.0 cm³/mol. The van der Waals surface area contributed by atoms with E-state index in [9.17, 15) is 0 Å². The van der Waals surface area contributed by atoms with E-state index < -0.39 is 0 Å². The summed E-state index contributed by atoms with van der Waals surface area (Å²) in [7, 11) is 0. The summed E-state index contributed by atoms with van der Waals surface area (Å²) in [6.45, 7) is 4.53. The fraction of sp³-hybridized carbons (Fsp3) is 0.600. The zero-order chi connectivity index (χ0) is 10.1. The molecule has 0 amide bonds. The largest absolute Gasteiger partial charge is 0.366 e. The number of anilines is 1. The van der Waals surface area contributed by atoms with Crippen LogP contribution in [0.5, 0.6) is 0 Å². The highest BCUT2D eigenvalue weighted by atomic mass is 15.2. The Hall–Kier alpha value is -1.16. The normalized spacial score (nSPS) is 15.6. The first-order valence-corrected chi connectivity index (χ1v) is 5.01. The van der Waals surface area contributed by atoms with Gasteiger partial charge in [-0.1, -0.05) is 0 Å². The summed E-state index contributed by atoms with van der Waals surface area (Å²) in [6.07, 6.45) is 2.47. The first kappa shape index (κ1) is 9.40. The standard InChI is InChI=1S/C10H16N4/c1-6-7(2)13-14-10(9(6)5-11)12-8-3-4-8/h8H,3-5,11H2,1-2H3,(H,12,14). The second-order valence-electron chi connectivity index (χ2n) is 3.86. The van der Waals surface area contributed by atoms with E-state index >= 15 is 0 Å². The maximum atomic E-state index is 5.71. The fourth-order valence-corrected chi connectivity index (χ4v) is 1.44. The number of nitrogens with zero attached hydrogens (tertiary/aromatic N) is 2. The molecule has 0 unspecified atom stereocenters. The van der Waals surface area contributed by atoms with Gasteiger partial charge in [0.15, 0.2) is 5.82 Å². The van der Waals surface area contributed by atoms with Crippen LogP contribution in [0.25, 0.3) is 0 Å². The summed E-state index contributed by atoms with van der Waals surface area (Å²) in [6, 6.07) is 0.594. The van der Waals surface area contributed by atoms with Crippen molar-refractivity contribution in [2.75, 3.05) is 5.32 Å². The van der Waals surface area contributed by atoms with Gasteiger partial charge in [0.2, 0.25) is 0 Å². The van der Waals surface area contributed by atoms with E-state index in [1.165, 1.54) is 12.8 Å². The van der Waals surface area contributed by atoms with Crippen LogP contribution in [0.15, 0.2) is 0 Å². The number of nitrogens with two attached hydrogens (primary N) is 1. The van der Waals surface area contributed by atoms with Gasteiger partial charge in [-0.25, -0.2) is 0 Å². The van der Waals surface area contributed by atoms with Crippen molar-refractivity contribution in [1.29, 1.82) is 0 Å². The number of hydrogen-bond donors (Lipinski definition) is 2. The van der Waals surface area contributed by atoms with Gasteiger partial charge in [0.05, 0.1) is 5.69 Å². The van der Waals surface area contributed by atoms with Gasteiger partial charge in [-0.05, 0) is 32.3 Å². The summed E-state index contributed by atoms with van der Waals surface area (Å²) in [4.78, 5) is 0. The molecule has 1 saturated carbocycles. The molecule has 0 atom stereocenters. The Morgan fingerprint density at radius 3 is 2.64 bits per heavy atom. The molecular weight excluding hydrogens is 176 g/mol. The third-order valence-corrected chi connectivity index (χ3v) is 2.70. The van der Waals surface area contributed by atoms with Crippen LogP contribution in [0, 0.1) is 13.8 Å². The summed E-state index contributed by atoms with van der Waals surface area (Å²) in [5, 5.41) is 11.6. The van der Waals surface area contributed by atoms with Gasteiger partial charge in [0.25, 0.3) is 0 Å². The molecule has 0 radical (unpaired) electrons. The van der Waals surface area contributed by atoms with Gasteiger partial charge in [-0.3, -0.25) is 0 Å². The van der Waals surface area contributed by atoms with Crippen molar-refractivity contribution in [3.63, 3.8) is 0 Å². The summed E-state index contributed by atoms with van der Waals surface area (Å²) in [5.74, 6) is 0.873. The van der Waals surface area contributed by atoms with Crippen molar-refractivity contribution >= 4 is 5.82 Å². The lowest BCUT2D eigenvalue weighted by Crippen LogP contribution is -2.12. The topological polar surface area (TPSA) is 63.8 Å². The van der Waals surface area contributed by atoms with E-state index in [0.717, 1.165) is 22.6 Å². The fourth-order valence-electron chi connectivity index (χ4n) is 1.44. The van der Waals surface area contributed by atoms with Gasteiger partial charge < -0.3 is 11.1 Å². The second kappa shape index (κ2) is 3.53. The number of aromatic nitrogens is 2. The molecule has 1 aliphatic rings. The second-order valence-corrected chi connectivity index (χ2v) is 3.86. The third kappa shape index (κ3) is 1.70. The van der Waals surface area contributed by atoms with Crippen LogP contribution in [-0.2, 0) is 6.54 Å². The minimum atomic E-state index is 0.525. The van der Waals surface area contributed by atoms with Crippen LogP contribution in [0.4, 0.5) is 5.82 Å². The summed E-state index contributed by atoms with van der Waals surface area (Å²) in [5.41, 5.74) is 8.93. The van der Waals surface area contributed by atoms with Crippen LogP contribution in [0.3, 0.4) is 0 Å². The number of aryl methyl sites for hydroxylation is 1. The molecule has 1 aromatic heterocycles. The van der Waals surface area contributed by atoms with Gasteiger partial charge >= 0.3 is 0 Å². The van der Waals surface area contributed by atoms with Gasteiger partial charge in [-0.15, -0.1) is 5.10 Å². The highest BCUT2D eigenvalue weighted by Gasteiger charge is 2.23. The Balaban J connectivity index is 2.32. The molecule has 4 heteroatoms. The molecule has 14 heavy (non-hydrogen) atoms. The first-order valence-electron chi connectivity index (χ1n) is 5.01. The summed E-state index contributed by atoms with van der Waals surface area (Å²) >= 11 is 0. The molecule has 0 spiro atoms. The zero-order valence-electron chi connectivity index (χ0n) is 8.67. The number of nitrogens with one attached hydrogen (secondary N) is 1. The van der Waals surface area contributed by atoms with Crippen molar-refractivity contribution < 1.29 is 0 Å². The van der Waals surface area contributed by atoms with Gasteiger partial charge in [0.1, 0.15) is 0 Å². The van der Waals surface area contributed by atoms with E-state index in [0.29, 0.717) is 12.6 Å². The average molecular weight is 192 g/mol. The van der Waals surface area contributed by atoms with E-state index in [1.807, 2.05) is 13.8 Å². The van der Waals surface area contributed by atoms with E-state index in [2.05, 4.69) is 15.5 Å². The van der Waals surface area contributed by atoms with E-state index in [4.69, 9.17) is 5.73 Å². The summed E-state index contributed by atoms with van der Waals surface area (Å²) < 4.78 is 0. The molecule has 1 heterocycles. The van der Waals surface area contributed by atoms with Gasteiger partial charge in [0, 0.05) is 18.2 Å². The molecule has 1 aliphatic carbocycles. The Kier molecular flexibility index (Phi) is 2.37. The van der Waals surface area contributed by atoms with Crippen LogP contribution in [0.1, 0.15) is 29.7 Å². The molecule has 2 rings (SSSR count). The molecule has 1 fully saturated rings. The molecular formula is C10H16N4. The molecule has 0 aromatic carbocycles. The number of rotatable bonds is 3. The minimum Gasteiger partial charge on any atom is -0.366 e. The Bertz CT molecular complexity index is 344. The van der Waals surface area contributed by atoms with Crippen molar-refractivity contribution in [3.05, 3.63) is 16.8 Å². The van der Waals surface area contributed by atoms with Crippen molar-refractivity contribution in [2.24, 2.45) is 5.73 Å². The van der Waals surface area contributed by atoms with Crippen LogP contribution >= 0.6 is 0 Å². The monoisotopic (exact) mass is 192 g/mol. The highest BCUT2D eigenvalue weighted by molar-refractivity contribution is 5.49. The smallest absolute Gasteiger partial charge is 0.153 e. The predicted octanol–water partition coefficient (Wildman–Crippen LogP) is 1.13. The average Bonchev–Trinajstić information content (AvgIpc) is 2.96. The molecule has 4 nitrogen and oxygen atoms in total. The molecule has 76 valence electrons. The Morgan fingerprint density at radius 2 is 2.07 bits per heavy atom.